The van der Waals surface area contributed by atoms with Crippen molar-refractivity contribution in [3.8, 4) is 0 Å². The van der Waals surface area contributed by atoms with Crippen LogP contribution in [0.5, 0.6) is 0 Å². The number of hydrogen-bond acceptors (Lipinski definition) is 4. The summed E-state index contributed by atoms with van der Waals surface area (Å²) in [6.45, 7) is 0. The van der Waals surface area contributed by atoms with Crippen LogP contribution in [0.4, 0.5) is 0 Å². The topological polar surface area (TPSA) is 105 Å². The van der Waals surface area contributed by atoms with Gasteiger partial charge in [0.1, 0.15) is 5.84 Å². The lowest BCUT2D eigenvalue weighted by Crippen LogP contribution is -2.46. The van der Waals surface area contributed by atoms with Crippen molar-refractivity contribution in [3.63, 3.8) is 0 Å². The Morgan fingerprint density at radius 3 is 2.33 bits per heavy atom. The summed E-state index contributed by atoms with van der Waals surface area (Å²) in [4.78, 5) is 26.7. The van der Waals surface area contributed by atoms with E-state index in [1.807, 2.05) is 60.7 Å². The Hall–Kier alpha value is -3.41. The summed E-state index contributed by atoms with van der Waals surface area (Å²) in [6, 6.07) is 16.7. The Bertz CT molecular complexity index is 1130. The Balaban J connectivity index is 1.51. The van der Waals surface area contributed by atoms with Gasteiger partial charge in [0.2, 0.25) is 5.91 Å². The van der Waals surface area contributed by atoms with Gasteiger partial charge in [-0.05, 0) is 61.1 Å². The second-order valence-electron chi connectivity index (χ2n) is 11.3. The van der Waals surface area contributed by atoms with Crippen molar-refractivity contribution < 1.29 is 14.3 Å². The number of hydrogen-bond donors (Lipinski definition) is 3. The normalized spacial score (nSPS) is 21.7. The molecule has 2 unspecified atom stereocenters. The van der Waals surface area contributed by atoms with Crippen LogP contribution in [-0.2, 0) is 20.7 Å². The average Bonchev–Trinajstić information content (AvgIpc) is 2.99. The van der Waals surface area contributed by atoms with Gasteiger partial charge in [0.15, 0.2) is 0 Å². The van der Waals surface area contributed by atoms with Crippen LogP contribution >= 0.6 is 0 Å². The second-order valence-corrected chi connectivity index (χ2v) is 11.3. The molecule has 0 heterocycles. The van der Waals surface area contributed by atoms with Gasteiger partial charge in [-0.3, -0.25) is 15.0 Å². The fourth-order valence-electron chi connectivity index (χ4n) is 6.43. The van der Waals surface area contributed by atoms with E-state index >= 15 is 0 Å². The van der Waals surface area contributed by atoms with Crippen molar-refractivity contribution in [2.45, 2.75) is 70.3 Å². The predicted molar refractivity (Wildman–Crippen MR) is 156 cm³/mol. The molecule has 1 amide bonds. The number of methoxy groups -OCH3 is 1. The number of ether oxygens (including phenoxy) is 1. The number of nitrogen functional groups attached to an aromatic ring is 1. The van der Waals surface area contributed by atoms with Crippen molar-refractivity contribution in [1.29, 1.82) is 5.41 Å². The lowest BCUT2D eigenvalue weighted by Gasteiger charge is -2.36. The van der Waals surface area contributed by atoms with E-state index in [4.69, 9.17) is 15.9 Å². The maximum atomic E-state index is 13.6. The largest absolute Gasteiger partial charge is 0.469 e. The van der Waals surface area contributed by atoms with E-state index in [-0.39, 0.29) is 23.6 Å². The Morgan fingerprint density at radius 1 is 0.974 bits per heavy atom. The number of esters is 1. The lowest BCUT2D eigenvalue weighted by atomic mass is 9.71. The van der Waals surface area contributed by atoms with Gasteiger partial charge in [-0.25, -0.2) is 0 Å². The van der Waals surface area contributed by atoms with Crippen LogP contribution in [-0.4, -0.2) is 30.9 Å². The summed E-state index contributed by atoms with van der Waals surface area (Å²) in [5, 5.41) is 11.0. The summed E-state index contributed by atoms with van der Waals surface area (Å²) in [6.07, 6.45) is 15.0. The number of carbonyl (C=O) groups excluding carboxylic acids is 2. The van der Waals surface area contributed by atoms with Gasteiger partial charge in [-0.1, -0.05) is 92.8 Å². The van der Waals surface area contributed by atoms with Gasteiger partial charge in [-0.2, -0.15) is 0 Å². The number of rotatable bonds is 10. The van der Waals surface area contributed by atoms with E-state index in [0.717, 1.165) is 48.6 Å². The highest BCUT2D eigenvalue weighted by Gasteiger charge is 2.34. The number of nitrogens with two attached hydrogens (primary N) is 1. The molecule has 0 radical (unpaired) electrons. The zero-order valence-electron chi connectivity index (χ0n) is 23.1. The van der Waals surface area contributed by atoms with Crippen LogP contribution in [0.2, 0.25) is 0 Å². The fourth-order valence-corrected chi connectivity index (χ4v) is 6.43. The van der Waals surface area contributed by atoms with Gasteiger partial charge in [0.25, 0.3) is 0 Å². The molecule has 2 aromatic carbocycles. The SMILES string of the molecule is COC(=O)C(Cc1cccc(C(=N)N)c1)C(C=Cc1ccccc1)NC(=O)C1CCC(C2CCCCC2)CC1. The molecule has 2 aliphatic rings. The molecule has 39 heavy (non-hydrogen) atoms. The molecular formula is C33H43N3O3. The number of carbonyl (C=O) groups is 2. The molecule has 2 fully saturated rings. The van der Waals surface area contributed by atoms with Crippen LogP contribution in [0.25, 0.3) is 6.08 Å². The minimum absolute atomic E-state index is 0.0196. The molecule has 2 atom stereocenters. The molecule has 0 spiro atoms. The van der Waals surface area contributed by atoms with E-state index in [2.05, 4.69) is 5.32 Å². The van der Waals surface area contributed by atoms with Crippen LogP contribution in [0, 0.1) is 29.1 Å². The predicted octanol–water partition coefficient (Wildman–Crippen LogP) is 5.89. The molecule has 0 aliphatic heterocycles. The highest BCUT2D eigenvalue weighted by atomic mass is 16.5. The van der Waals surface area contributed by atoms with Crippen LogP contribution in [0.1, 0.15) is 74.5 Å². The first kappa shape index (κ1) is 28.6. The molecule has 208 valence electrons. The minimum atomic E-state index is -0.625. The van der Waals surface area contributed by atoms with Crippen molar-refractivity contribution >= 4 is 23.8 Å². The fraction of sp³-hybridized carbons (Fsp3) is 0.485. The van der Waals surface area contributed by atoms with E-state index in [0.29, 0.717) is 12.0 Å². The van der Waals surface area contributed by atoms with Crippen molar-refractivity contribution in [2.75, 3.05) is 7.11 Å². The molecule has 4 N–H and O–H groups in total. The Labute approximate surface area is 232 Å². The van der Waals surface area contributed by atoms with Gasteiger partial charge < -0.3 is 15.8 Å². The molecule has 2 aliphatic carbocycles. The summed E-state index contributed by atoms with van der Waals surface area (Å²) in [5.74, 6) is 0.539. The van der Waals surface area contributed by atoms with Crippen LogP contribution in [0.3, 0.4) is 0 Å². The van der Waals surface area contributed by atoms with Crippen LogP contribution in [0.15, 0.2) is 60.7 Å². The minimum Gasteiger partial charge on any atom is -0.469 e. The first-order chi connectivity index (χ1) is 18.9. The molecule has 2 saturated carbocycles. The third kappa shape index (κ3) is 8.04. The molecule has 4 rings (SSSR count). The number of amides is 1. The zero-order valence-corrected chi connectivity index (χ0v) is 23.1. The van der Waals surface area contributed by atoms with Crippen molar-refractivity contribution in [2.24, 2.45) is 29.4 Å². The van der Waals surface area contributed by atoms with Gasteiger partial charge in [0, 0.05) is 11.5 Å². The van der Waals surface area contributed by atoms with Gasteiger partial charge >= 0.3 is 5.97 Å². The van der Waals surface area contributed by atoms with Gasteiger partial charge in [0.05, 0.1) is 19.1 Å². The molecule has 6 heteroatoms. The van der Waals surface area contributed by atoms with E-state index in [9.17, 15) is 9.59 Å². The third-order valence-corrected chi connectivity index (χ3v) is 8.69. The quantitative estimate of drug-likeness (QED) is 0.203. The number of amidine groups is 1. The maximum absolute atomic E-state index is 13.6. The van der Waals surface area contributed by atoms with Gasteiger partial charge in [-0.15, -0.1) is 0 Å². The van der Waals surface area contributed by atoms with Crippen molar-refractivity contribution in [3.05, 3.63) is 77.4 Å². The first-order valence-corrected chi connectivity index (χ1v) is 14.5. The average molecular weight is 530 g/mol. The highest BCUT2D eigenvalue weighted by Crippen LogP contribution is 2.40. The molecule has 2 aromatic rings. The first-order valence-electron chi connectivity index (χ1n) is 14.5. The monoisotopic (exact) mass is 529 g/mol. The third-order valence-electron chi connectivity index (χ3n) is 8.69. The Kier molecular flexibility index (Phi) is 10.3. The van der Waals surface area contributed by atoms with Crippen LogP contribution < -0.4 is 11.1 Å². The zero-order chi connectivity index (χ0) is 27.6. The van der Waals surface area contributed by atoms with E-state index < -0.39 is 12.0 Å². The number of benzene rings is 2. The number of nitrogens with one attached hydrogen (secondary N) is 2. The summed E-state index contributed by atoms with van der Waals surface area (Å²) >= 11 is 0. The molecular weight excluding hydrogens is 486 g/mol. The maximum Gasteiger partial charge on any atom is 0.311 e. The standard InChI is InChI=1S/C33H43N3O3/c1-39-33(38)29(22-24-11-8-14-28(21-24)31(34)35)30(20-15-23-9-4-2-5-10-23)36-32(37)27-18-16-26(17-19-27)25-12-6-3-7-13-25/h2,4-5,8-11,14-15,20-21,25-27,29-30H,3,6-7,12-13,16-19,22H2,1H3,(H3,34,35)(H,36,37). The highest BCUT2D eigenvalue weighted by molar-refractivity contribution is 5.95. The lowest BCUT2D eigenvalue weighted by molar-refractivity contribution is -0.146. The smallest absolute Gasteiger partial charge is 0.311 e. The summed E-state index contributed by atoms with van der Waals surface area (Å²) in [7, 11) is 1.38. The Morgan fingerprint density at radius 2 is 1.67 bits per heavy atom. The molecule has 0 saturated heterocycles. The molecule has 0 bridgehead atoms. The van der Waals surface area contributed by atoms with E-state index in [1.54, 1.807) is 6.07 Å². The second kappa shape index (κ2) is 14.1. The molecule has 0 aromatic heterocycles. The summed E-state index contributed by atoms with van der Waals surface area (Å²) < 4.78 is 5.21. The molecule has 6 nitrogen and oxygen atoms in total. The van der Waals surface area contributed by atoms with Crippen molar-refractivity contribution in [1.82, 2.24) is 5.32 Å². The summed E-state index contributed by atoms with van der Waals surface area (Å²) in [5.41, 5.74) is 8.16. The van der Waals surface area contributed by atoms with E-state index in [1.165, 1.54) is 39.2 Å².